The number of alkyl halides is 2. The number of carbonyl (C=O) groups is 1. The molecule has 0 spiro atoms. The van der Waals surface area contributed by atoms with Crippen molar-refractivity contribution in [1.82, 2.24) is 4.98 Å². The molecule has 0 saturated heterocycles. The van der Waals surface area contributed by atoms with Crippen LogP contribution in [0.25, 0.3) is 0 Å². The zero-order valence-electron chi connectivity index (χ0n) is 10.0. The molecule has 6 heteroatoms. The van der Waals surface area contributed by atoms with Crippen molar-refractivity contribution in [3.63, 3.8) is 0 Å². The van der Waals surface area contributed by atoms with Gasteiger partial charge in [-0.05, 0) is 25.0 Å². The molecule has 4 nitrogen and oxygen atoms in total. The molecular formula is C12H12F2N2O2. The Kier molecular flexibility index (Phi) is 4.72. The predicted molar refractivity (Wildman–Crippen MR) is 59.0 cm³/mol. The van der Waals surface area contributed by atoms with E-state index < -0.39 is 12.4 Å². The van der Waals surface area contributed by atoms with Gasteiger partial charge in [-0.1, -0.05) is 0 Å². The van der Waals surface area contributed by atoms with Gasteiger partial charge in [0.15, 0.2) is 0 Å². The molecule has 1 aromatic heterocycles. The fraction of sp³-hybridized carbons (Fsp3) is 0.417. The van der Waals surface area contributed by atoms with Crippen LogP contribution in [0.3, 0.4) is 0 Å². The average Bonchev–Trinajstić information content (AvgIpc) is 2.29. The zero-order chi connectivity index (χ0) is 13.7. The quantitative estimate of drug-likeness (QED) is 0.773. The molecule has 0 saturated carbocycles. The third kappa shape index (κ3) is 3.00. The van der Waals surface area contributed by atoms with Crippen LogP contribution in [0, 0.1) is 18.3 Å². The van der Waals surface area contributed by atoms with E-state index in [1.54, 1.807) is 13.0 Å². The fourth-order valence-corrected chi connectivity index (χ4v) is 1.60. The molecule has 0 N–H and O–H groups in total. The highest BCUT2D eigenvalue weighted by Gasteiger charge is 2.21. The first kappa shape index (κ1) is 14.0. The number of halogens is 2. The number of hydrogen-bond donors (Lipinski definition) is 0. The van der Waals surface area contributed by atoms with Gasteiger partial charge in [-0.25, -0.2) is 13.8 Å². The van der Waals surface area contributed by atoms with Crippen LogP contribution in [-0.4, -0.2) is 17.6 Å². The molecule has 0 fully saturated rings. The minimum atomic E-state index is -2.76. The Bertz CT molecular complexity index is 496. The highest BCUT2D eigenvalue weighted by atomic mass is 19.3. The predicted octanol–water partition coefficient (Wildman–Crippen LogP) is 2.30. The van der Waals surface area contributed by atoms with Crippen LogP contribution in [0.4, 0.5) is 8.78 Å². The summed E-state index contributed by atoms with van der Waals surface area (Å²) in [6.45, 7) is 3.21. The fourth-order valence-electron chi connectivity index (χ4n) is 1.60. The zero-order valence-corrected chi connectivity index (χ0v) is 10.0. The summed E-state index contributed by atoms with van der Waals surface area (Å²) in [4.78, 5) is 15.0. The second-order valence-corrected chi connectivity index (χ2v) is 3.57. The summed E-state index contributed by atoms with van der Waals surface area (Å²) >= 11 is 0. The number of nitriles is 1. The van der Waals surface area contributed by atoms with Gasteiger partial charge in [-0.15, -0.1) is 0 Å². The normalized spacial score (nSPS) is 10.2. The van der Waals surface area contributed by atoms with Gasteiger partial charge in [0.1, 0.15) is 11.8 Å². The Morgan fingerprint density at radius 2 is 2.28 bits per heavy atom. The topological polar surface area (TPSA) is 63.0 Å². The standard InChI is InChI=1S/C12H12F2N2O2/c1-3-18-10(17)4-8-6-16-9(5-15)7(2)11(8)12(13)14/h6,12H,3-4H2,1-2H3. The van der Waals surface area contributed by atoms with E-state index in [2.05, 4.69) is 4.98 Å². The number of nitrogens with zero attached hydrogens (tertiary/aromatic N) is 2. The lowest BCUT2D eigenvalue weighted by Crippen LogP contribution is -2.11. The van der Waals surface area contributed by atoms with Gasteiger partial charge in [0, 0.05) is 11.8 Å². The lowest BCUT2D eigenvalue weighted by molar-refractivity contribution is -0.142. The van der Waals surface area contributed by atoms with Gasteiger partial charge in [0.05, 0.1) is 13.0 Å². The van der Waals surface area contributed by atoms with E-state index >= 15 is 0 Å². The van der Waals surface area contributed by atoms with Crippen LogP contribution < -0.4 is 0 Å². The smallest absolute Gasteiger partial charge is 0.310 e. The molecule has 0 radical (unpaired) electrons. The van der Waals surface area contributed by atoms with E-state index in [1.165, 1.54) is 6.92 Å². The van der Waals surface area contributed by atoms with Gasteiger partial charge in [-0.3, -0.25) is 4.79 Å². The molecule has 0 unspecified atom stereocenters. The van der Waals surface area contributed by atoms with Gasteiger partial charge in [-0.2, -0.15) is 5.26 Å². The molecule has 0 aromatic carbocycles. The van der Waals surface area contributed by atoms with Crippen LogP contribution in [0.5, 0.6) is 0 Å². The van der Waals surface area contributed by atoms with Gasteiger partial charge in [0.25, 0.3) is 6.43 Å². The third-order valence-electron chi connectivity index (χ3n) is 2.42. The Labute approximate surface area is 103 Å². The number of ether oxygens (including phenoxy) is 1. The van der Waals surface area contributed by atoms with E-state index in [0.29, 0.717) is 0 Å². The number of rotatable bonds is 4. The summed E-state index contributed by atoms with van der Waals surface area (Å²) in [6.07, 6.45) is -1.90. The summed E-state index contributed by atoms with van der Waals surface area (Å²) in [5, 5.41) is 8.73. The first-order valence-corrected chi connectivity index (χ1v) is 5.33. The van der Waals surface area contributed by atoms with E-state index in [4.69, 9.17) is 10.00 Å². The van der Waals surface area contributed by atoms with Crippen molar-refractivity contribution in [2.75, 3.05) is 6.61 Å². The summed E-state index contributed by atoms with van der Waals surface area (Å²) in [6, 6.07) is 1.74. The van der Waals surface area contributed by atoms with Crippen LogP contribution in [0.1, 0.15) is 35.7 Å². The maximum absolute atomic E-state index is 13.0. The van der Waals surface area contributed by atoms with Gasteiger partial charge < -0.3 is 4.74 Å². The Morgan fingerprint density at radius 1 is 1.61 bits per heavy atom. The number of carbonyl (C=O) groups excluding carboxylic acids is 1. The Balaban J connectivity index is 3.17. The SMILES string of the molecule is CCOC(=O)Cc1cnc(C#N)c(C)c1C(F)F. The molecule has 1 heterocycles. The van der Waals surface area contributed by atoms with Crippen molar-refractivity contribution in [2.24, 2.45) is 0 Å². The van der Waals surface area contributed by atoms with Crippen molar-refractivity contribution in [2.45, 2.75) is 26.7 Å². The second-order valence-electron chi connectivity index (χ2n) is 3.57. The minimum Gasteiger partial charge on any atom is -0.466 e. The molecule has 0 aliphatic rings. The molecule has 0 atom stereocenters. The largest absolute Gasteiger partial charge is 0.466 e. The number of pyridine rings is 1. The lowest BCUT2D eigenvalue weighted by atomic mass is 10.0. The molecule has 0 bridgehead atoms. The van der Waals surface area contributed by atoms with Gasteiger partial charge >= 0.3 is 5.97 Å². The first-order valence-electron chi connectivity index (χ1n) is 5.33. The van der Waals surface area contributed by atoms with Crippen molar-refractivity contribution in [3.05, 3.63) is 28.6 Å². The summed E-state index contributed by atoms with van der Waals surface area (Å²) in [5.74, 6) is -0.592. The van der Waals surface area contributed by atoms with Crippen LogP contribution in [0.2, 0.25) is 0 Å². The van der Waals surface area contributed by atoms with Crippen molar-refractivity contribution >= 4 is 5.97 Å². The first-order chi connectivity index (χ1) is 8.51. The van der Waals surface area contributed by atoms with E-state index in [1.807, 2.05) is 0 Å². The highest BCUT2D eigenvalue weighted by molar-refractivity contribution is 5.73. The molecule has 0 aliphatic heterocycles. The van der Waals surface area contributed by atoms with Crippen molar-refractivity contribution in [1.29, 1.82) is 5.26 Å². The maximum Gasteiger partial charge on any atom is 0.310 e. The molecule has 1 rings (SSSR count). The minimum absolute atomic E-state index is 0.0575. The number of esters is 1. The summed E-state index contributed by atoms with van der Waals surface area (Å²) in [7, 11) is 0. The number of aromatic nitrogens is 1. The molecular weight excluding hydrogens is 242 g/mol. The lowest BCUT2D eigenvalue weighted by Gasteiger charge is -2.11. The van der Waals surface area contributed by atoms with E-state index in [9.17, 15) is 13.6 Å². The third-order valence-corrected chi connectivity index (χ3v) is 2.42. The highest BCUT2D eigenvalue weighted by Crippen LogP contribution is 2.27. The summed E-state index contributed by atoms with van der Waals surface area (Å²) in [5.41, 5.74) is -0.165. The Hall–Kier alpha value is -2.03. The second kappa shape index (κ2) is 6.05. The molecule has 0 aliphatic carbocycles. The van der Waals surface area contributed by atoms with Crippen LogP contribution in [0.15, 0.2) is 6.20 Å². The summed E-state index contributed by atoms with van der Waals surface area (Å²) < 4.78 is 30.6. The maximum atomic E-state index is 13.0. The van der Waals surface area contributed by atoms with Crippen LogP contribution in [-0.2, 0) is 16.0 Å². The van der Waals surface area contributed by atoms with Crippen molar-refractivity contribution in [3.8, 4) is 6.07 Å². The number of hydrogen-bond acceptors (Lipinski definition) is 4. The van der Waals surface area contributed by atoms with E-state index in [-0.39, 0.29) is 35.4 Å². The average molecular weight is 254 g/mol. The molecule has 0 amide bonds. The molecule has 96 valence electrons. The van der Waals surface area contributed by atoms with Gasteiger partial charge in [0.2, 0.25) is 0 Å². The Morgan fingerprint density at radius 3 is 2.78 bits per heavy atom. The molecule has 18 heavy (non-hydrogen) atoms. The van der Waals surface area contributed by atoms with Crippen LogP contribution >= 0.6 is 0 Å². The monoisotopic (exact) mass is 254 g/mol. The molecule has 1 aromatic rings. The van der Waals surface area contributed by atoms with Crippen molar-refractivity contribution < 1.29 is 18.3 Å². The van der Waals surface area contributed by atoms with E-state index in [0.717, 1.165) is 6.20 Å².